The van der Waals surface area contributed by atoms with Crippen molar-refractivity contribution >= 4 is 11.8 Å². The summed E-state index contributed by atoms with van der Waals surface area (Å²) < 4.78 is 0. The van der Waals surface area contributed by atoms with Gasteiger partial charge >= 0.3 is 0 Å². The van der Waals surface area contributed by atoms with Crippen LogP contribution in [0.1, 0.15) is 96.8 Å². The molecule has 0 heterocycles. The van der Waals surface area contributed by atoms with Crippen molar-refractivity contribution in [2.24, 2.45) is 5.90 Å². The van der Waals surface area contributed by atoms with Crippen molar-refractivity contribution in [3.63, 3.8) is 0 Å². The van der Waals surface area contributed by atoms with Crippen LogP contribution in [0, 0.1) is 0 Å². The van der Waals surface area contributed by atoms with Gasteiger partial charge in [-0.25, -0.2) is 5.90 Å². The van der Waals surface area contributed by atoms with Crippen molar-refractivity contribution in [3.05, 3.63) is 0 Å². The molecule has 0 aliphatic rings. The molecule has 4 heteroatoms. The molecule has 0 aromatic rings. The van der Waals surface area contributed by atoms with E-state index >= 15 is 0 Å². The van der Waals surface area contributed by atoms with E-state index in [4.69, 9.17) is 11.0 Å². The number of hydrogen-bond donors (Lipinski definition) is 2. The van der Waals surface area contributed by atoms with Crippen LogP contribution in [-0.4, -0.2) is 29.3 Å². The van der Waals surface area contributed by atoms with E-state index in [0.29, 0.717) is 0 Å². The Labute approximate surface area is 149 Å². The largest absolute Gasteiger partial charge is 0.394 e. The standard InChI is InChI=1S/C19H41NO2S/c1-2-3-4-5-6-7-8-9-10-11-12-13-14-15-16-23-18-19(17-21)22-20/h19,21H,2-18,20H2,1H3. The molecule has 0 rings (SSSR count). The molecule has 0 aliphatic heterocycles. The minimum Gasteiger partial charge on any atom is -0.394 e. The number of aliphatic hydroxyl groups is 1. The first-order chi connectivity index (χ1) is 11.3. The number of nitrogens with two attached hydrogens (primary N) is 1. The molecule has 140 valence electrons. The SMILES string of the molecule is CCCCCCCCCCCCCCCCSCC(CO)ON. The highest BCUT2D eigenvalue weighted by molar-refractivity contribution is 7.99. The average Bonchev–Trinajstić information content (AvgIpc) is 2.58. The van der Waals surface area contributed by atoms with Gasteiger partial charge in [-0.2, -0.15) is 11.8 Å². The molecule has 0 fully saturated rings. The van der Waals surface area contributed by atoms with E-state index in [1.54, 1.807) is 0 Å². The van der Waals surface area contributed by atoms with Crippen LogP contribution in [0.3, 0.4) is 0 Å². The summed E-state index contributed by atoms with van der Waals surface area (Å²) in [5.41, 5.74) is 0. The molecule has 0 radical (unpaired) electrons. The van der Waals surface area contributed by atoms with Crippen LogP contribution in [0.4, 0.5) is 0 Å². The molecule has 1 atom stereocenters. The third-order valence-corrected chi connectivity index (χ3v) is 5.53. The Kier molecular flexibility index (Phi) is 20.5. The Morgan fingerprint density at radius 2 is 1.22 bits per heavy atom. The van der Waals surface area contributed by atoms with Crippen LogP contribution < -0.4 is 5.90 Å². The summed E-state index contributed by atoms with van der Waals surface area (Å²) >= 11 is 1.83. The summed E-state index contributed by atoms with van der Waals surface area (Å²) in [4.78, 5) is 4.65. The molecule has 1 unspecified atom stereocenters. The normalized spacial score (nSPS) is 12.7. The van der Waals surface area contributed by atoms with Gasteiger partial charge in [0, 0.05) is 5.75 Å². The van der Waals surface area contributed by atoms with E-state index in [1.165, 1.54) is 89.9 Å². The van der Waals surface area contributed by atoms with Gasteiger partial charge in [-0.15, -0.1) is 0 Å². The van der Waals surface area contributed by atoms with Gasteiger partial charge < -0.3 is 5.11 Å². The summed E-state index contributed by atoms with van der Waals surface area (Å²) in [5, 5.41) is 8.93. The highest BCUT2D eigenvalue weighted by Crippen LogP contribution is 2.14. The summed E-state index contributed by atoms with van der Waals surface area (Å²) in [7, 11) is 0. The molecule has 23 heavy (non-hydrogen) atoms. The molecule has 0 saturated heterocycles. The Morgan fingerprint density at radius 3 is 1.61 bits per heavy atom. The van der Waals surface area contributed by atoms with Crippen LogP contribution in [0.15, 0.2) is 0 Å². The molecule has 0 amide bonds. The second-order valence-electron chi connectivity index (χ2n) is 6.61. The van der Waals surface area contributed by atoms with Gasteiger partial charge in [-0.3, -0.25) is 4.84 Å². The number of aliphatic hydroxyl groups excluding tert-OH is 1. The van der Waals surface area contributed by atoms with Gasteiger partial charge in [0.05, 0.1) is 6.61 Å². The van der Waals surface area contributed by atoms with Crippen molar-refractivity contribution in [2.75, 3.05) is 18.1 Å². The summed E-state index contributed by atoms with van der Waals surface area (Å²) in [5.74, 6) is 7.02. The first-order valence-corrected chi connectivity index (χ1v) is 11.0. The summed E-state index contributed by atoms with van der Waals surface area (Å²) in [6, 6.07) is 0. The van der Waals surface area contributed by atoms with E-state index < -0.39 is 0 Å². The van der Waals surface area contributed by atoms with Gasteiger partial charge in [0.1, 0.15) is 6.10 Å². The lowest BCUT2D eigenvalue weighted by Crippen LogP contribution is -2.24. The van der Waals surface area contributed by atoms with Gasteiger partial charge in [-0.1, -0.05) is 90.4 Å². The van der Waals surface area contributed by atoms with E-state index in [-0.39, 0.29) is 12.7 Å². The first-order valence-electron chi connectivity index (χ1n) is 9.89. The molecule has 0 saturated carbocycles. The van der Waals surface area contributed by atoms with Crippen molar-refractivity contribution in [2.45, 2.75) is 103 Å². The molecular weight excluding hydrogens is 306 g/mol. The zero-order valence-electron chi connectivity index (χ0n) is 15.4. The van der Waals surface area contributed by atoms with E-state index in [2.05, 4.69) is 11.8 Å². The third-order valence-electron chi connectivity index (χ3n) is 4.34. The molecule has 3 nitrogen and oxygen atoms in total. The summed E-state index contributed by atoms with van der Waals surface area (Å²) in [6.07, 6.45) is 19.4. The van der Waals surface area contributed by atoms with Crippen LogP contribution in [0.5, 0.6) is 0 Å². The predicted molar refractivity (Wildman–Crippen MR) is 104 cm³/mol. The monoisotopic (exact) mass is 347 g/mol. The zero-order valence-corrected chi connectivity index (χ0v) is 16.3. The number of unbranched alkanes of at least 4 members (excludes halogenated alkanes) is 13. The van der Waals surface area contributed by atoms with Crippen molar-refractivity contribution in [3.8, 4) is 0 Å². The van der Waals surface area contributed by atoms with Crippen LogP contribution >= 0.6 is 11.8 Å². The molecule has 0 spiro atoms. The van der Waals surface area contributed by atoms with E-state index in [9.17, 15) is 0 Å². The Balaban J connectivity index is 3.02. The molecular formula is C19H41NO2S. The van der Waals surface area contributed by atoms with Gasteiger partial charge in [0.2, 0.25) is 0 Å². The maximum Gasteiger partial charge on any atom is 0.111 e. The molecule has 0 aromatic heterocycles. The highest BCUT2D eigenvalue weighted by Gasteiger charge is 2.05. The van der Waals surface area contributed by atoms with Crippen molar-refractivity contribution < 1.29 is 9.94 Å². The smallest absolute Gasteiger partial charge is 0.111 e. The predicted octanol–water partition coefficient (Wildman–Crippen LogP) is 5.45. The second kappa shape index (κ2) is 20.3. The topological polar surface area (TPSA) is 55.5 Å². The van der Waals surface area contributed by atoms with Crippen LogP contribution in [0.2, 0.25) is 0 Å². The van der Waals surface area contributed by atoms with Crippen LogP contribution in [-0.2, 0) is 4.84 Å². The Bertz CT molecular complexity index is 214. The Hall–Kier alpha value is 0.230. The molecule has 3 N–H and O–H groups in total. The lowest BCUT2D eigenvalue weighted by atomic mass is 10.0. The number of rotatable bonds is 19. The fourth-order valence-corrected chi connectivity index (χ4v) is 3.77. The second-order valence-corrected chi connectivity index (χ2v) is 7.76. The lowest BCUT2D eigenvalue weighted by Gasteiger charge is -2.10. The summed E-state index contributed by atoms with van der Waals surface area (Å²) in [6.45, 7) is 2.30. The minimum atomic E-state index is -0.202. The zero-order chi connectivity index (χ0) is 17.0. The Morgan fingerprint density at radius 1 is 0.783 bits per heavy atom. The fraction of sp³-hybridized carbons (Fsp3) is 1.00. The first kappa shape index (κ1) is 23.2. The van der Waals surface area contributed by atoms with Crippen molar-refractivity contribution in [1.82, 2.24) is 0 Å². The van der Waals surface area contributed by atoms with E-state index in [1.807, 2.05) is 11.8 Å². The highest BCUT2D eigenvalue weighted by atomic mass is 32.2. The maximum absolute atomic E-state index is 8.93. The van der Waals surface area contributed by atoms with Crippen molar-refractivity contribution in [1.29, 1.82) is 0 Å². The van der Waals surface area contributed by atoms with Gasteiger partial charge in [0.15, 0.2) is 0 Å². The maximum atomic E-state index is 8.93. The fourth-order valence-electron chi connectivity index (χ4n) is 2.75. The molecule has 0 bridgehead atoms. The molecule has 0 aliphatic carbocycles. The third kappa shape index (κ3) is 18.4. The van der Waals surface area contributed by atoms with Gasteiger partial charge in [0.25, 0.3) is 0 Å². The van der Waals surface area contributed by atoms with E-state index in [0.717, 1.165) is 11.5 Å². The number of hydrogen-bond acceptors (Lipinski definition) is 4. The quantitative estimate of drug-likeness (QED) is 0.241. The van der Waals surface area contributed by atoms with Gasteiger partial charge in [-0.05, 0) is 12.2 Å². The average molecular weight is 348 g/mol. The molecule has 0 aromatic carbocycles. The number of thioether (sulfide) groups is 1. The minimum absolute atomic E-state index is 0.0161. The lowest BCUT2D eigenvalue weighted by molar-refractivity contribution is 0.0275. The van der Waals surface area contributed by atoms with Crippen LogP contribution in [0.25, 0.3) is 0 Å².